The van der Waals surface area contributed by atoms with Crippen molar-refractivity contribution < 1.29 is 13.2 Å². The van der Waals surface area contributed by atoms with Gasteiger partial charge in [0.25, 0.3) is 0 Å². The Hall–Kier alpha value is -1.88. The highest BCUT2D eigenvalue weighted by atomic mass is 32.2. The lowest BCUT2D eigenvalue weighted by Gasteiger charge is -2.07. The first-order chi connectivity index (χ1) is 8.87. The van der Waals surface area contributed by atoms with Crippen LogP contribution in [0, 0.1) is 0 Å². The van der Waals surface area contributed by atoms with Crippen LogP contribution in [-0.2, 0) is 9.84 Å². The molecular weight excluding hydrogens is 262 g/mol. The molecule has 0 unspecified atom stereocenters. The lowest BCUT2D eigenvalue weighted by molar-refractivity contribution is 0.0990. The number of Topliss-reactive ketones (excluding diaryl/α,β-unsaturated/α-hetero) is 1. The van der Waals surface area contributed by atoms with Crippen LogP contribution in [0.5, 0.6) is 0 Å². The number of nitrogens with two attached hydrogens (primary N) is 1. The highest BCUT2D eigenvalue weighted by Crippen LogP contribution is 2.23. The van der Waals surface area contributed by atoms with Gasteiger partial charge in [-0.05, 0) is 22.9 Å². The van der Waals surface area contributed by atoms with E-state index in [4.69, 9.17) is 5.73 Å². The van der Waals surface area contributed by atoms with Gasteiger partial charge in [0.15, 0.2) is 5.78 Å². The topological polar surface area (TPSA) is 77.2 Å². The summed E-state index contributed by atoms with van der Waals surface area (Å²) in [5.41, 5.74) is 6.63. The Labute approximate surface area is 112 Å². The lowest BCUT2D eigenvalue weighted by Crippen LogP contribution is -2.11. The third-order valence-corrected chi connectivity index (χ3v) is 3.86. The highest BCUT2D eigenvalue weighted by molar-refractivity contribution is 7.90. The van der Waals surface area contributed by atoms with Crippen LogP contribution in [0.2, 0.25) is 0 Å². The van der Waals surface area contributed by atoms with E-state index in [1.807, 2.05) is 24.3 Å². The van der Waals surface area contributed by atoms with E-state index in [1.54, 1.807) is 12.1 Å². The van der Waals surface area contributed by atoms with E-state index in [0.29, 0.717) is 11.3 Å². The molecule has 19 heavy (non-hydrogen) atoms. The van der Waals surface area contributed by atoms with Crippen molar-refractivity contribution in [2.24, 2.45) is 0 Å². The summed E-state index contributed by atoms with van der Waals surface area (Å²) in [7, 11) is -3.14. The van der Waals surface area contributed by atoms with E-state index in [-0.39, 0.29) is 18.0 Å². The summed E-state index contributed by atoms with van der Waals surface area (Å²) < 4.78 is 22.2. The number of carbonyl (C=O) groups excluding carboxylic acids is 1. The van der Waals surface area contributed by atoms with Gasteiger partial charge in [0.05, 0.1) is 5.75 Å². The molecule has 0 radical (unpaired) electrons. The summed E-state index contributed by atoms with van der Waals surface area (Å²) in [5, 5.41) is 1.87. The van der Waals surface area contributed by atoms with Crippen molar-refractivity contribution >= 4 is 32.1 Å². The normalized spacial score (nSPS) is 11.6. The van der Waals surface area contributed by atoms with Crippen molar-refractivity contribution in [2.45, 2.75) is 6.42 Å². The fraction of sp³-hybridized carbons (Fsp3) is 0.214. The maximum Gasteiger partial charge on any atom is 0.165 e. The minimum atomic E-state index is -3.14. The molecule has 2 rings (SSSR count). The molecule has 0 aliphatic rings. The van der Waals surface area contributed by atoms with Crippen molar-refractivity contribution in [1.29, 1.82) is 0 Å². The zero-order valence-corrected chi connectivity index (χ0v) is 11.4. The van der Waals surface area contributed by atoms with Crippen molar-refractivity contribution in [3.05, 3.63) is 42.0 Å². The van der Waals surface area contributed by atoms with E-state index in [0.717, 1.165) is 17.0 Å². The smallest absolute Gasteiger partial charge is 0.165 e. The predicted molar refractivity (Wildman–Crippen MR) is 77.0 cm³/mol. The molecule has 5 heteroatoms. The van der Waals surface area contributed by atoms with E-state index in [2.05, 4.69) is 0 Å². The average molecular weight is 277 g/mol. The monoisotopic (exact) mass is 277 g/mol. The minimum absolute atomic E-state index is 0.0403. The van der Waals surface area contributed by atoms with Gasteiger partial charge < -0.3 is 5.73 Å². The van der Waals surface area contributed by atoms with E-state index in [9.17, 15) is 13.2 Å². The predicted octanol–water partition coefficient (Wildman–Crippen LogP) is 2.04. The quantitative estimate of drug-likeness (QED) is 0.685. The van der Waals surface area contributed by atoms with E-state index >= 15 is 0 Å². The van der Waals surface area contributed by atoms with Crippen LogP contribution in [0.25, 0.3) is 10.8 Å². The Kier molecular flexibility index (Phi) is 3.57. The summed E-state index contributed by atoms with van der Waals surface area (Å²) in [4.78, 5) is 12.0. The van der Waals surface area contributed by atoms with E-state index in [1.165, 1.54) is 0 Å². The van der Waals surface area contributed by atoms with Gasteiger partial charge in [0.2, 0.25) is 0 Å². The largest absolute Gasteiger partial charge is 0.398 e. The zero-order chi connectivity index (χ0) is 14.0. The summed E-state index contributed by atoms with van der Waals surface area (Å²) in [6.45, 7) is 0. The Morgan fingerprint density at radius 3 is 2.32 bits per heavy atom. The molecule has 0 saturated carbocycles. The van der Waals surface area contributed by atoms with Crippen LogP contribution in [0.3, 0.4) is 0 Å². The molecule has 0 amide bonds. The molecule has 0 atom stereocenters. The van der Waals surface area contributed by atoms with Crippen LogP contribution in [0.1, 0.15) is 16.8 Å². The Morgan fingerprint density at radius 1 is 1.16 bits per heavy atom. The zero-order valence-electron chi connectivity index (χ0n) is 10.6. The minimum Gasteiger partial charge on any atom is -0.398 e. The van der Waals surface area contributed by atoms with Gasteiger partial charge in [-0.2, -0.15) is 0 Å². The molecule has 0 aliphatic carbocycles. The standard InChI is InChI=1S/C14H15NO3S/c1-19(17,18)7-6-14(16)12-8-10-4-2-3-5-11(10)9-13(12)15/h2-5,8-9H,6-7,15H2,1H3. The summed E-state index contributed by atoms with van der Waals surface area (Å²) in [5.74, 6) is -0.397. The van der Waals surface area contributed by atoms with Gasteiger partial charge >= 0.3 is 0 Å². The second kappa shape index (κ2) is 5.01. The van der Waals surface area contributed by atoms with E-state index < -0.39 is 9.84 Å². The molecule has 0 bridgehead atoms. The van der Waals surface area contributed by atoms with Gasteiger partial charge in [-0.3, -0.25) is 4.79 Å². The Bertz CT molecular complexity index is 735. The molecule has 0 aromatic heterocycles. The van der Waals surface area contributed by atoms with Crippen molar-refractivity contribution in [2.75, 3.05) is 17.7 Å². The number of fused-ring (bicyclic) bond motifs is 1. The van der Waals surface area contributed by atoms with Crippen LogP contribution in [0.4, 0.5) is 5.69 Å². The Morgan fingerprint density at radius 2 is 1.74 bits per heavy atom. The fourth-order valence-corrected chi connectivity index (χ4v) is 2.47. The Balaban J connectivity index is 2.34. The van der Waals surface area contributed by atoms with Crippen molar-refractivity contribution in [3.63, 3.8) is 0 Å². The molecule has 0 heterocycles. The molecule has 2 aromatic rings. The fourth-order valence-electron chi connectivity index (χ4n) is 1.91. The number of carbonyl (C=O) groups is 1. The number of nitrogen functional groups attached to an aromatic ring is 1. The maximum atomic E-state index is 12.0. The number of hydrogen-bond donors (Lipinski definition) is 1. The molecule has 2 aromatic carbocycles. The number of sulfone groups is 1. The van der Waals surface area contributed by atoms with Gasteiger partial charge in [-0.15, -0.1) is 0 Å². The number of anilines is 1. The van der Waals surface area contributed by atoms with Gasteiger partial charge in [-0.25, -0.2) is 8.42 Å². The molecule has 0 aliphatic heterocycles. The molecular formula is C14H15NO3S. The first-order valence-corrected chi connectivity index (χ1v) is 7.92. The SMILES string of the molecule is CS(=O)(=O)CCC(=O)c1cc2ccccc2cc1N. The highest BCUT2D eigenvalue weighted by Gasteiger charge is 2.13. The van der Waals surface area contributed by atoms with Crippen LogP contribution < -0.4 is 5.73 Å². The van der Waals surface area contributed by atoms with Crippen LogP contribution in [0.15, 0.2) is 36.4 Å². The number of benzene rings is 2. The van der Waals surface area contributed by atoms with Crippen LogP contribution >= 0.6 is 0 Å². The average Bonchev–Trinajstić information content (AvgIpc) is 2.34. The molecule has 2 N–H and O–H groups in total. The summed E-state index contributed by atoms with van der Waals surface area (Å²) >= 11 is 0. The first kappa shape index (κ1) is 13.5. The molecule has 100 valence electrons. The number of ketones is 1. The second-order valence-electron chi connectivity index (χ2n) is 4.59. The number of rotatable bonds is 4. The molecule has 0 saturated heterocycles. The third kappa shape index (κ3) is 3.32. The van der Waals surface area contributed by atoms with Crippen LogP contribution in [-0.4, -0.2) is 26.2 Å². The maximum absolute atomic E-state index is 12.0. The molecule has 4 nitrogen and oxygen atoms in total. The third-order valence-electron chi connectivity index (χ3n) is 2.92. The lowest BCUT2D eigenvalue weighted by atomic mass is 10.0. The number of hydrogen-bond acceptors (Lipinski definition) is 4. The van der Waals surface area contributed by atoms with Crippen molar-refractivity contribution in [1.82, 2.24) is 0 Å². The second-order valence-corrected chi connectivity index (χ2v) is 6.85. The first-order valence-electron chi connectivity index (χ1n) is 5.86. The van der Waals surface area contributed by atoms with Gasteiger partial charge in [-0.1, -0.05) is 24.3 Å². The molecule has 0 fully saturated rings. The molecule has 0 spiro atoms. The van der Waals surface area contributed by atoms with Crippen molar-refractivity contribution in [3.8, 4) is 0 Å². The summed E-state index contributed by atoms with van der Waals surface area (Å²) in [6.07, 6.45) is 1.07. The van der Waals surface area contributed by atoms with Gasteiger partial charge in [0.1, 0.15) is 9.84 Å². The van der Waals surface area contributed by atoms with Gasteiger partial charge in [0, 0.05) is 23.9 Å². The summed E-state index contributed by atoms with van der Waals surface area (Å²) in [6, 6.07) is 11.0.